The average Bonchev–Trinajstić information content (AvgIpc) is 2.69. The summed E-state index contributed by atoms with van der Waals surface area (Å²) < 4.78 is 18.9. The minimum Gasteiger partial charge on any atom is -0.496 e. The number of benzene rings is 2. The fraction of sp³-hybridized carbons (Fsp3) is 0.409. The van der Waals surface area contributed by atoms with E-state index in [1.165, 1.54) is 12.1 Å². The van der Waals surface area contributed by atoms with Crippen LogP contribution in [0.15, 0.2) is 42.5 Å². The second kappa shape index (κ2) is 10.1. The third-order valence-corrected chi connectivity index (χ3v) is 5.43. The number of rotatable bonds is 7. The van der Waals surface area contributed by atoms with Crippen LogP contribution in [0.4, 0.5) is 4.39 Å². The molecule has 3 rings (SSSR count). The Labute approximate surface area is 176 Å². The van der Waals surface area contributed by atoms with Gasteiger partial charge in [-0.15, -0.1) is 0 Å². The van der Waals surface area contributed by atoms with E-state index in [1.54, 1.807) is 18.1 Å². The molecule has 156 valence electrons. The van der Waals surface area contributed by atoms with Gasteiger partial charge in [0.1, 0.15) is 11.6 Å². The van der Waals surface area contributed by atoms with Crippen LogP contribution in [0.25, 0.3) is 0 Å². The van der Waals surface area contributed by atoms with Gasteiger partial charge in [0.15, 0.2) is 0 Å². The fourth-order valence-electron chi connectivity index (χ4n) is 3.53. The topological polar surface area (TPSA) is 36.0 Å². The summed E-state index contributed by atoms with van der Waals surface area (Å²) in [4.78, 5) is 18.7. The molecule has 0 N–H and O–H groups in total. The largest absolute Gasteiger partial charge is 0.496 e. The minimum atomic E-state index is -0.257. The maximum atomic E-state index is 13.6. The molecule has 1 amide bonds. The van der Waals surface area contributed by atoms with Gasteiger partial charge in [-0.05, 0) is 35.9 Å². The van der Waals surface area contributed by atoms with Crippen LogP contribution in [-0.2, 0) is 17.9 Å². The quantitative estimate of drug-likeness (QED) is 0.690. The zero-order chi connectivity index (χ0) is 20.8. The van der Waals surface area contributed by atoms with Gasteiger partial charge < -0.3 is 9.64 Å². The van der Waals surface area contributed by atoms with Crippen LogP contribution in [0.2, 0.25) is 5.02 Å². The number of methoxy groups -OCH3 is 1. The normalized spacial score (nSPS) is 15.3. The molecule has 0 aliphatic carbocycles. The minimum absolute atomic E-state index is 0.0882. The Bertz CT molecular complexity index is 841. The summed E-state index contributed by atoms with van der Waals surface area (Å²) >= 11 is 6.02. The van der Waals surface area contributed by atoms with E-state index in [2.05, 4.69) is 9.80 Å². The first-order valence-electron chi connectivity index (χ1n) is 9.70. The SMILES string of the molecule is COc1ccc(F)cc1CN1CCN(CC(=O)N(C)Cc2cccc(Cl)c2)CC1. The highest BCUT2D eigenvalue weighted by molar-refractivity contribution is 6.30. The van der Waals surface area contributed by atoms with Crippen molar-refractivity contribution in [2.24, 2.45) is 0 Å². The molecule has 0 spiro atoms. The summed E-state index contributed by atoms with van der Waals surface area (Å²) in [6.07, 6.45) is 0. The van der Waals surface area contributed by atoms with Crippen LogP contribution < -0.4 is 4.74 Å². The fourth-order valence-corrected chi connectivity index (χ4v) is 3.74. The predicted octanol–water partition coefficient (Wildman–Crippen LogP) is 3.26. The molecule has 2 aromatic carbocycles. The summed E-state index contributed by atoms with van der Waals surface area (Å²) in [5, 5.41) is 0.675. The standard InChI is InChI=1S/C22H27ClFN3O2/c1-25(14-17-4-3-5-19(23)12-17)22(28)16-27-10-8-26(9-11-27)15-18-13-20(24)6-7-21(18)29-2/h3-7,12-13H,8-11,14-16H2,1-2H3. The Morgan fingerprint density at radius 1 is 1.14 bits per heavy atom. The highest BCUT2D eigenvalue weighted by Gasteiger charge is 2.21. The van der Waals surface area contributed by atoms with Crippen molar-refractivity contribution in [1.82, 2.24) is 14.7 Å². The van der Waals surface area contributed by atoms with E-state index < -0.39 is 0 Å². The number of piperazine rings is 1. The molecule has 1 saturated heterocycles. The van der Waals surface area contributed by atoms with Gasteiger partial charge in [0, 0.05) is 56.9 Å². The van der Waals surface area contributed by atoms with Crippen molar-refractivity contribution < 1.29 is 13.9 Å². The molecule has 0 bridgehead atoms. The van der Waals surface area contributed by atoms with Gasteiger partial charge in [0.25, 0.3) is 0 Å². The van der Waals surface area contributed by atoms with Crippen LogP contribution in [0.5, 0.6) is 5.75 Å². The Morgan fingerprint density at radius 2 is 1.86 bits per heavy atom. The maximum Gasteiger partial charge on any atom is 0.236 e. The Morgan fingerprint density at radius 3 is 2.55 bits per heavy atom. The number of amides is 1. The second-order valence-corrected chi connectivity index (χ2v) is 7.82. The van der Waals surface area contributed by atoms with Crippen molar-refractivity contribution in [1.29, 1.82) is 0 Å². The van der Waals surface area contributed by atoms with Gasteiger partial charge in [-0.1, -0.05) is 23.7 Å². The van der Waals surface area contributed by atoms with Crippen LogP contribution in [0.1, 0.15) is 11.1 Å². The lowest BCUT2D eigenvalue weighted by Gasteiger charge is -2.35. The molecule has 7 heteroatoms. The smallest absolute Gasteiger partial charge is 0.236 e. The number of carbonyl (C=O) groups excluding carboxylic acids is 1. The van der Waals surface area contributed by atoms with E-state index in [1.807, 2.05) is 31.3 Å². The van der Waals surface area contributed by atoms with Crippen molar-refractivity contribution in [3.8, 4) is 5.75 Å². The van der Waals surface area contributed by atoms with Crippen LogP contribution >= 0.6 is 11.6 Å². The number of nitrogens with zero attached hydrogens (tertiary/aromatic N) is 3. The molecule has 2 aromatic rings. The zero-order valence-electron chi connectivity index (χ0n) is 16.9. The molecule has 0 unspecified atom stereocenters. The molecule has 1 aliphatic heterocycles. The first-order chi connectivity index (χ1) is 13.9. The summed E-state index contributed by atoms with van der Waals surface area (Å²) in [6.45, 7) is 4.82. The van der Waals surface area contributed by atoms with Crippen molar-refractivity contribution in [2.45, 2.75) is 13.1 Å². The van der Waals surface area contributed by atoms with Crippen LogP contribution in [-0.4, -0.2) is 67.5 Å². The first kappa shape index (κ1) is 21.6. The molecule has 0 saturated carbocycles. The lowest BCUT2D eigenvalue weighted by atomic mass is 10.1. The lowest BCUT2D eigenvalue weighted by molar-refractivity contribution is -0.132. The van der Waals surface area contributed by atoms with Crippen molar-refractivity contribution in [3.05, 3.63) is 64.4 Å². The molecule has 0 atom stereocenters. The van der Waals surface area contributed by atoms with Gasteiger partial charge >= 0.3 is 0 Å². The Hall–Kier alpha value is -2.15. The molecule has 1 aliphatic rings. The number of hydrogen-bond acceptors (Lipinski definition) is 4. The first-order valence-corrected chi connectivity index (χ1v) is 10.1. The van der Waals surface area contributed by atoms with E-state index in [9.17, 15) is 9.18 Å². The predicted molar refractivity (Wildman–Crippen MR) is 113 cm³/mol. The third-order valence-electron chi connectivity index (χ3n) is 5.19. The maximum absolute atomic E-state index is 13.6. The molecule has 1 heterocycles. The van der Waals surface area contributed by atoms with Crippen LogP contribution in [0.3, 0.4) is 0 Å². The third kappa shape index (κ3) is 6.16. The van der Waals surface area contributed by atoms with Crippen LogP contribution in [0, 0.1) is 5.82 Å². The highest BCUT2D eigenvalue weighted by Crippen LogP contribution is 2.21. The van der Waals surface area contributed by atoms with Crippen molar-refractivity contribution >= 4 is 17.5 Å². The molecular formula is C22H27ClFN3O2. The van der Waals surface area contributed by atoms with Gasteiger partial charge in [-0.2, -0.15) is 0 Å². The van der Waals surface area contributed by atoms with E-state index >= 15 is 0 Å². The summed E-state index contributed by atoms with van der Waals surface area (Å²) in [5.41, 5.74) is 1.86. The van der Waals surface area contributed by atoms with Crippen molar-refractivity contribution in [2.75, 3.05) is 46.9 Å². The van der Waals surface area contributed by atoms with Gasteiger partial charge in [-0.25, -0.2) is 4.39 Å². The lowest BCUT2D eigenvalue weighted by Crippen LogP contribution is -2.49. The number of hydrogen-bond donors (Lipinski definition) is 0. The van der Waals surface area contributed by atoms with E-state index in [0.29, 0.717) is 30.4 Å². The molecule has 5 nitrogen and oxygen atoms in total. The van der Waals surface area contributed by atoms with Gasteiger partial charge in [-0.3, -0.25) is 14.6 Å². The molecule has 1 fully saturated rings. The van der Waals surface area contributed by atoms with Gasteiger partial charge in [0.2, 0.25) is 5.91 Å². The zero-order valence-corrected chi connectivity index (χ0v) is 17.7. The molecule has 0 aromatic heterocycles. The summed E-state index contributed by atoms with van der Waals surface area (Å²) in [5.74, 6) is 0.532. The molecular weight excluding hydrogens is 393 g/mol. The summed E-state index contributed by atoms with van der Waals surface area (Å²) in [6, 6.07) is 12.2. The molecule has 29 heavy (non-hydrogen) atoms. The van der Waals surface area contributed by atoms with Crippen molar-refractivity contribution in [3.63, 3.8) is 0 Å². The molecule has 0 radical (unpaired) electrons. The number of carbonyl (C=O) groups is 1. The number of ether oxygens (including phenoxy) is 1. The van der Waals surface area contributed by atoms with E-state index in [0.717, 1.165) is 37.3 Å². The summed E-state index contributed by atoms with van der Waals surface area (Å²) in [7, 11) is 3.41. The average molecular weight is 420 g/mol. The highest BCUT2D eigenvalue weighted by atomic mass is 35.5. The van der Waals surface area contributed by atoms with E-state index in [4.69, 9.17) is 16.3 Å². The second-order valence-electron chi connectivity index (χ2n) is 7.39. The Kier molecular flexibility index (Phi) is 7.47. The van der Waals surface area contributed by atoms with E-state index in [-0.39, 0.29) is 11.7 Å². The monoisotopic (exact) mass is 419 g/mol. The van der Waals surface area contributed by atoms with Gasteiger partial charge in [0.05, 0.1) is 13.7 Å². The Balaban J connectivity index is 1.47. The number of halogens is 2. The number of likely N-dealkylation sites (N-methyl/N-ethyl adjacent to an activating group) is 1.